The van der Waals surface area contributed by atoms with Crippen molar-refractivity contribution >= 4 is 11.8 Å². The average Bonchev–Trinajstić information content (AvgIpc) is 2.88. The topological polar surface area (TPSA) is 20.2 Å². The summed E-state index contributed by atoms with van der Waals surface area (Å²) in [6.07, 6.45) is 7.08. The number of aryl methyl sites for hydroxylation is 2. The molecule has 0 aliphatic heterocycles. The van der Waals surface area contributed by atoms with E-state index in [1.165, 1.54) is 48.1 Å². The summed E-state index contributed by atoms with van der Waals surface area (Å²) in [4.78, 5) is 1.35. The second-order valence-corrected chi connectivity index (χ2v) is 6.25. The van der Waals surface area contributed by atoms with Crippen molar-refractivity contribution in [3.05, 3.63) is 29.3 Å². The van der Waals surface area contributed by atoms with Gasteiger partial charge in [-0.15, -0.1) is 11.8 Å². The number of aliphatic hydroxyl groups is 1. The molecule has 0 amide bonds. The fourth-order valence-electron chi connectivity index (χ4n) is 2.84. The Labute approximate surface area is 101 Å². The maximum absolute atomic E-state index is 9.82. The second kappa shape index (κ2) is 4.42. The standard InChI is InChI=1S/C14H18OS/c15-13-5-2-6-14(13)16-12-8-7-10-3-1-4-11(10)9-12/h7-9,13-15H,1-6H2/t13-,14-/m0/s1. The van der Waals surface area contributed by atoms with E-state index in [1.807, 2.05) is 11.8 Å². The third-order valence-corrected chi connectivity index (χ3v) is 5.15. The first-order valence-corrected chi connectivity index (χ1v) is 7.17. The van der Waals surface area contributed by atoms with Crippen LogP contribution < -0.4 is 0 Å². The molecular formula is C14H18OS. The molecule has 0 bridgehead atoms. The fourth-order valence-corrected chi connectivity index (χ4v) is 4.12. The van der Waals surface area contributed by atoms with Gasteiger partial charge in [0.05, 0.1) is 6.10 Å². The summed E-state index contributed by atoms with van der Waals surface area (Å²) in [6, 6.07) is 6.86. The van der Waals surface area contributed by atoms with Crippen LogP contribution in [-0.2, 0) is 12.8 Å². The summed E-state index contributed by atoms with van der Waals surface area (Å²) < 4.78 is 0. The minimum absolute atomic E-state index is 0.0849. The summed E-state index contributed by atoms with van der Waals surface area (Å²) >= 11 is 1.88. The largest absolute Gasteiger partial charge is 0.392 e. The molecule has 0 unspecified atom stereocenters. The molecule has 0 radical (unpaired) electrons. The van der Waals surface area contributed by atoms with Gasteiger partial charge >= 0.3 is 0 Å². The lowest BCUT2D eigenvalue weighted by molar-refractivity contribution is 0.188. The molecule has 2 aliphatic rings. The van der Waals surface area contributed by atoms with Crippen LogP contribution >= 0.6 is 11.8 Å². The second-order valence-electron chi connectivity index (χ2n) is 4.94. The van der Waals surface area contributed by atoms with E-state index in [0.29, 0.717) is 5.25 Å². The molecule has 2 atom stereocenters. The molecule has 3 rings (SSSR count). The van der Waals surface area contributed by atoms with Crippen LogP contribution in [0.1, 0.15) is 36.8 Å². The van der Waals surface area contributed by atoms with Crippen LogP contribution in [0.5, 0.6) is 0 Å². The lowest BCUT2D eigenvalue weighted by Crippen LogP contribution is -2.14. The maximum Gasteiger partial charge on any atom is 0.0662 e. The molecule has 16 heavy (non-hydrogen) atoms. The van der Waals surface area contributed by atoms with Crippen molar-refractivity contribution in [1.82, 2.24) is 0 Å². The SMILES string of the molecule is O[C@H]1CCC[C@@H]1Sc1ccc2c(c1)CCC2. The van der Waals surface area contributed by atoms with E-state index < -0.39 is 0 Å². The molecule has 0 aromatic heterocycles. The first kappa shape index (κ1) is 10.7. The van der Waals surface area contributed by atoms with Gasteiger partial charge in [-0.1, -0.05) is 6.07 Å². The molecule has 1 fully saturated rings. The molecule has 1 aromatic carbocycles. The van der Waals surface area contributed by atoms with Crippen LogP contribution in [0.2, 0.25) is 0 Å². The molecule has 0 spiro atoms. The number of rotatable bonds is 2. The maximum atomic E-state index is 9.82. The predicted molar refractivity (Wildman–Crippen MR) is 68.0 cm³/mol. The predicted octanol–water partition coefficient (Wildman–Crippen LogP) is 3.18. The van der Waals surface area contributed by atoms with Crippen molar-refractivity contribution in [1.29, 1.82) is 0 Å². The van der Waals surface area contributed by atoms with Gasteiger partial charge in [0.25, 0.3) is 0 Å². The van der Waals surface area contributed by atoms with Crippen molar-refractivity contribution in [3.8, 4) is 0 Å². The number of benzene rings is 1. The summed E-state index contributed by atoms with van der Waals surface area (Å²) in [7, 11) is 0. The van der Waals surface area contributed by atoms with Crippen molar-refractivity contribution in [2.45, 2.75) is 54.8 Å². The van der Waals surface area contributed by atoms with E-state index in [9.17, 15) is 5.11 Å². The minimum Gasteiger partial charge on any atom is -0.392 e. The summed E-state index contributed by atoms with van der Waals surface area (Å²) in [6.45, 7) is 0. The highest BCUT2D eigenvalue weighted by atomic mass is 32.2. The molecule has 1 aromatic rings. The summed E-state index contributed by atoms with van der Waals surface area (Å²) in [5.41, 5.74) is 3.08. The Morgan fingerprint density at radius 1 is 1.06 bits per heavy atom. The summed E-state index contributed by atoms with van der Waals surface area (Å²) in [5.74, 6) is 0. The molecule has 2 heteroatoms. The Hall–Kier alpha value is -0.470. The molecule has 1 N–H and O–H groups in total. The molecule has 2 aliphatic carbocycles. The van der Waals surface area contributed by atoms with Gasteiger partial charge in [-0.25, -0.2) is 0 Å². The monoisotopic (exact) mass is 234 g/mol. The van der Waals surface area contributed by atoms with Crippen LogP contribution in [0, 0.1) is 0 Å². The van der Waals surface area contributed by atoms with Crippen molar-refractivity contribution in [3.63, 3.8) is 0 Å². The van der Waals surface area contributed by atoms with E-state index in [2.05, 4.69) is 18.2 Å². The number of hydrogen-bond donors (Lipinski definition) is 1. The van der Waals surface area contributed by atoms with Gasteiger partial charge in [-0.05, 0) is 61.8 Å². The van der Waals surface area contributed by atoms with Crippen LogP contribution in [0.3, 0.4) is 0 Å². The van der Waals surface area contributed by atoms with Crippen LogP contribution in [0.4, 0.5) is 0 Å². The first-order chi connectivity index (χ1) is 7.83. The van der Waals surface area contributed by atoms with E-state index in [-0.39, 0.29) is 6.10 Å². The van der Waals surface area contributed by atoms with E-state index in [1.54, 1.807) is 0 Å². The molecule has 1 nitrogen and oxygen atoms in total. The quantitative estimate of drug-likeness (QED) is 0.848. The van der Waals surface area contributed by atoms with Gasteiger partial charge in [0.1, 0.15) is 0 Å². The summed E-state index contributed by atoms with van der Waals surface area (Å²) in [5, 5.41) is 10.3. The molecular weight excluding hydrogens is 216 g/mol. The normalized spacial score (nSPS) is 28.3. The van der Waals surface area contributed by atoms with Gasteiger partial charge in [0.2, 0.25) is 0 Å². The number of thioether (sulfide) groups is 1. The highest BCUT2D eigenvalue weighted by molar-refractivity contribution is 8.00. The Kier molecular flexibility index (Phi) is 2.95. The smallest absolute Gasteiger partial charge is 0.0662 e. The van der Waals surface area contributed by atoms with E-state index in [0.717, 1.165) is 6.42 Å². The number of hydrogen-bond acceptors (Lipinski definition) is 2. The first-order valence-electron chi connectivity index (χ1n) is 6.29. The molecule has 0 saturated heterocycles. The van der Waals surface area contributed by atoms with E-state index in [4.69, 9.17) is 0 Å². The minimum atomic E-state index is -0.0849. The van der Waals surface area contributed by atoms with Crippen molar-refractivity contribution in [2.75, 3.05) is 0 Å². The zero-order valence-electron chi connectivity index (χ0n) is 9.48. The van der Waals surface area contributed by atoms with Crippen molar-refractivity contribution in [2.24, 2.45) is 0 Å². The van der Waals surface area contributed by atoms with Crippen LogP contribution in [0.15, 0.2) is 23.1 Å². The average molecular weight is 234 g/mol. The Morgan fingerprint density at radius 3 is 2.75 bits per heavy atom. The number of fused-ring (bicyclic) bond motifs is 1. The zero-order valence-corrected chi connectivity index (χ0v) is 10.3. The van der Waals surface area contributed by atoms with Crippen LogP contribution in [0.25, 0.3) is 0 Å². The Morgan fingerprint density at radius 2 is 1.94 bits per heavy atom. The highest BCUT2D eigenvalue weighted by Gasteiger charge is 2.26. The third-order valence-electron chi connectivity index (χ3n) is 3.78. The number of aliphatic hydroxyl groups excluding tert-OH is 1. The highest BCUT2D eigenvalue weighted by Crippen LogP contribution is 2.36. The van der Waals surface area contributed by atoms with Gasteiger partial charge in [0, 0.05) is 10.1 Å². The fraction of sp³-hybridized carbons (Fsp3) is 0.571. The van der Waals surface area contributed by atoms with Gasteiger partial charge in [-0.3, -0.25) is 0 Å². The Bertz CT molecular complexity index is 388. The van der Waals surface area contributed by atoms with Crippen LogP contribution in [-0.4, -0.2) is 16.5 Å². The molecule has 86 valence electrons. The van der Waals surface area contributed by atoms with Crippen molar-refractivity contribution < 1.29 is 5.11 Å². The van der Waals surface area contributed by atoms with E-state index >= 15 is 0 Å². The van der Waals surface area contributed by atoms with Gasteiger partial charge in [0.15, 0.2) is 0 Å². The lowest BCUT2D eigenvalue weighted by Gasteiger charge is -2.14. The van der Waals surface area contributed by atoms with Gasteiger partial charge in [-0.2, -0.15) is 0 Å². The zero-order chi connectivity index (χ0) is 11.0. The Balaban J connectivity index is 1.75. The lowest BCUT2D eigenvalue weighted by atomic mass is 10.1. The van der Waals surface area contributed by atoms with Gasteiger partial charge < -0.3 is 5.11 Å². The molecule has 1 saturated carbocycles. The third kappa shape index (κ3) is 2.01. The molecule has 0 heterocycles.